The number of methoxy groups -OCH3 is 1. The number of nitrogens with two attached hydrogens (primary N) is 1. The van der Waals surface area contributed by atoms with Gasteiger partial charge in [-0.3, -0.25) is 4.79 Å². The largest absolute Gasteiger partial charge is 0.496 e. The Morgan fingerprint density at radius 1 is 1.19 bits per heavy atom. The third-order valence-corrected chi connectivity index (χ3v) is 5.85. The minimum absolute atomic E-state index is 0.0361. The SMILES string of the molecule is COc1ccccc1Cn1c(N)c(C(=O)NCC2CCCO2)c2nc3ccccc3nc21. The summed E-state index contributed by atoms with van der Waals surface area (Å²) in [5.41, 5.74) is 10.3. The van der Waals surface area contributed by atoms with E-state index in [2.05, 4.69) is 5.32 Å². The van der Waals surface area contributed by atoms with Crippen LogP contribution in [0.5, 0.6) is 5.75 Å². The lowest BCUT2D eigenvalue weighted by Gasteiger charge is -2.12. The first-order valence-corrected chi connectivity index (χ1v) is 10.7. The van der Waals surface area contributed by atoms with Crippen LogP contribution in [0.4, 0.5) is 5.82 Å². The molecule has 1 atom stereocenters. The summed E-state index contributed by atoms with van der Waals surface area (Å²) in [5.74, 6) is 0.796. The van der Waals surface area contributed by atoms with Crippen molar-refractivity contribution < 1.29 is 14.3 Å². The first-order valence-electron chi connectivity index (χ1n) is 10.7. The molecule has 4 aromatic rings. The monoisotopic (exact) mass is 431 g/mol. The Morgan fingerprint density at radius 3 is 2.69 bits per heavy atom. The topological polar surface area (TPSA) is 104 Å². The molecule has 32 heavy (non-hydrogen) atoms. The molecule has 3 N–H and O–H groups in total. The summed E-state index contributed by atoms with van der Waals surface area (Å²) in [4.78, 5) is 22.8. The molecule has 1 saturated heterocycles. The Morgan fingerprint density at radius 2 is 1.94 bits per heavy atom. The molecule has 0 spiro atoms. The van der Waals surface area contributed by atoms with Crippen LogP contribution in [0.15, 0.2) is 48.5 Å². The van der Waals surface area contributed by atoms with Crippen molar-refractivity contribution in [3.8, 4) is 5.75 Å². The first-order chi connectivity index (χ1) is 15.7. The molecular weight excluding hydrogens is 406 g/mol. The molecule has 164 valence electrons. The molecule has 1 aliphatic heterocycles. The average Bonchev–Trinajstić information content (AvgIpc) is 3.43. The minimum Gasteiger partial charge on any atom is -0.496 e. The molecule has 1 unspecified atom stereocenters. The fourth-order valence-electron chi connectivity index (χ4n) is 4.21. The maximum absolute atomic E-state index is 13.2. The van der Waals surface area contributed by atoms with Crippen LogP contribution >= 0.6 is 0 Å². The molecule has 5 rings (SSSR count). The van der Waals surface area contributed by atoms with Gasteiger partial charge in [0.1, 0.15) is 22.6 Å². The van der Waals surface area contributed by atoms with Gasteiger partial charge in [-0.2, -0.15) is 0 Å². The van der Waals surface area contributed by atoms with Crippen molar-refractivity contribution in [2.24, 2.45) is 0 Å². The molecule has 0 radical (unpaired) electrons. The Kier molecular flexibility index (Phi) is 5.36. The second-order valence-corrected chi connectivity index (χ2v) is 7.89. The number of aromatic nitrogens is 3. The van der Waals surface area contributed by atoms with Crippen LogP contribution in [0.1, 0.15) is 28.8 Å². The highest BCUT2D eigenvalue weighted by Gasteiger charge is 2.25. The number of para-hydroxylation sites is 3. The molecule has 0 saturated carbocycles. The van der Waals surface area contributed by atoms with E-state index in [4.69, 9.17) is 25.2 Å². The van der Waals surface area contributed by atoms with Gasteiger partial charge in [0.15, 0.2) is 5.65 Å². The smallest absolute Gasteiger partial charge is 0.257 e. The van der Waals surface area contributed by atoms with Gasteiger partial charge in [0.25, 0.3) is 5.91 Å². The van der Waals surface area contributed by atoms with E-state index in [1.54, 1.807) is 7.11 Å². The fraction of sp³-hybridized carbons (Fsp3) is 0.292. The summed E-state index contributed by atoms with van der Waals surface area (Å²) in [6.07, 6.45) is 1.99. The highest BCUT2D eigenvalue weighted by molar-refractivity contribution is 6.10. The summed E-state index contributed by atoms with van der Waals surface area (Å²) in [5, 5.41) is 2.97. The number of amides is 1. The normalized spacial score (nSPS) is 16.0. The van der Waals surface area contributed by atoms with Gasteiger partial charge in [-0.1, -0.05) is 30.3 Å². The zero-order chi connectivity index (χ0) is 22.1. The molecular formula is C24H25N5O3. The number of ether oxygens (including phenoxy) is 2. The maximum atomic E-state index is 13.2. The first kappa shape index (κ1) is 20.3. The van der Waals surface area contributed by atoms with Gasteiger partial charge in [-0.05, 0) is 31.0 Å². The lowest BCUT2D eigenvalue weighted by Crippen LogP contribution is -2.32. The average molecular weight is 431 g/mol. The molecule has 3 heterocycles. The lowest BCUT2D eigenvalue weighted by molar-refractivity contribution is 0.0859. The number of anilines is 1. The quantitative estimate of drug-likeness (QED) is 0.486. The van der Waals surface area contributed by atoms with E-state index < -0.39 is 0 Å². The Bertz CT molecular complexity index is 1290. The highest BCUT2D eigenvalue weighted by atomic mass is 16.5. The number of nitrogens with zero attached hydrogens (tertiary/aromatic N) is 3. The number of nitrogens with one attached hydrogen (secondary N) is 1. The van der Waals surface area contributed by atoms with Gasteiger partial charge in [-0.25, -0.2) is 9.97 Å². The van der Waals surface area contributed by atoms with Crippen LogP contribution in [0.3, 0.4) is 0 Å². The lowest BCUT2D eigenvalue weighted by atomic mass is 10.2. The number of benzene rings is 2. The zero-order valence-corrected chi connectivity index (χ0v) is 17.9. The number of carbonyl (C=O) groups excluding carboxylic acids is 1. The summed E-state index contributed by atoms with van der Waals surface area (Å²) in [6.45, 7) is 1.58. The van der Waals surface area contributed by atoms with E-state index in [1.807, 2.05) is 53.1 Å². The van der Waals surface area contributed by atoms with Crippen LogP contribution in [-0.4, -0.2) is 46.8 Å². The molecule has 8 heteroatoms. The molecule has 0 aliphatic carbocycles. The standard InChI is InChI=1S/C24H25N5O3/c1-31-19-11-5-2-7-15(19)14-29-22(25)20(24(30)26-13-16-8-6-12-32-16)21-23(29)28-18-10-4-3-9-17(18)27-21/h2-5,7,9-11,16H,6,8,12-14,25H2,1H3,(H,26,30). The fourth-order valence-corrected chi connectivity index (χ4v) is 4.21. The summed E-state index contributed by atoms with van der Waals surface area (Å²) in [6, 6.07) is 15.3. The Hall–Kier alpha value is -3.65. The van der Waals surface area contributed by atoms with Crippen molar-refractivity contribution in [2.75, 3.05) is 26.0 Å². The van der Waals surface area contributed by atoms with E-state index in [1.165, 1.54) is 0 Å². The number of rotatable bonds is 6. The third kappa shape index (κ3) is 3.62. The summed E-state index contributed by atoms with van der Waals surface area (Å²) in [7, 11) is 1.63. The number of hydrogen-bond acceptors (Lipinski definition) is 6. The van der Waals surface area contributed by atoms with Crippen molar-refractivity contribution in [2.45, 2.75) is 25.5 Å². The zero-order valence-electron chi connectivity index (χ0n) is 17.9. The van der Waals surface area contributed by atoms with Crippen LogP contribution in [-0.2, 0) is 11.3 Å². The Labute approximate surface area is 185 Å². The number of fused-ring (bicyclic) bond motifs is 2. The van der Waals surface area contributed by atoms with Gasteiger partial charge >= 0.3 is 0 Å². The van der Waals surface area contributed by atoms with E-state index >= 15 is 0 Å². The van der Waals surface area contributed by atoms with Crippen molar-refractivity contribution in [1.82, 2.24) is 19.9 Å². The number of carbonyl (C=O) groups is 1. The molecule has 8 nitrogen and oxygen atoms in total. The second kappa shape index (κ2) is 8.47. The molecule has 2 aromatic heterocycles. The number of hydrogen-bond donors (Lipinski definition) is 2. The Balaban J connectivity index is 1.61. The summed E-state index contributed by atoms with van der Waals surface area (Å²) >= 11 is 0. The van der Waals surface area contributed by atoms with Crippen molar-refractivity contribution >= 4 is 33.9 Å². The van der Waals surface area contributed by atoms with Crippen LogP contribution in [0, 0.1) is 0 Å². The van der Waals surface area contributed by atoms with Crippen LogP contribution in [0.2, 0.25) is 0 Å². The predicted octanol–water partition coefficient (Wildman–Crippen LogP) is 3.13. The summed E-state index contributed by atoms with van der Waals surface area (Å²) < 4.78 is 13.0. The van der Waals surface area contributed by atoms with Crippen LogP contribution < -0.4 is 15.8 Å². The van der Waals surface area contributed by atoms with E-state index in [-0.39, 0.29) is 12.0 Å². The van der Waals surface area contributed by atoms with Crippen LogP contribution in [0.25, 0.3) is 22.2 Å². The molecule has 1 amide bonds. The molecule has 2 aromatic carbocycles. The van der Waals surface area contributed by atoms with E-state index in [0.29, 0.717) is 41.2 Å². The van der Waals surface area contributed by atoms with Gasteiger partial charge in [0, 0.05) is 18.7 Å². The van der Waals surface area contributed by atoms with Gasteiger partial charge in [0.2, 0.25) is 0 Å². The molecule has 1 fully saturated rings. The second-order valence-electron chi connectivity index (χ2n) is 7.89. The molecule has 1 aliphatic rings. The van der Waals surface area contributed by atoms with Gasteiger partial charge in [0.05, 0.1) is 30.8 Å². The van der Waals surface area contributed by atoms with Crippen molar-refractivity contribution in [1.29, 1.82) is 0 Å². The highest BCUT2D eigenvalue weighted by Crippen LogP contribution is 2.30. The number of nitrogen functional groups attached to an aromatic ring is 1. The third-order valence-electron chi connectivity index (χ3n) is 5.85. The minimum atomic E-state index is -0.272. The van der Waals surface area contributed by atoms with E-state index in [9.17, 15) is 4.79 Å². The maximum Gasteiger partial charge on any atom is 0.257 e. The van der Waals surface area contributed by atoms with Crippen molar-refractivity contribution in [3.05, 3.63) is 59.7 Å². The van der Waals surface area contributed by atoms with Gasteiger partial charge in [-0.15, -0.1) is 0 Å². The van der Waals surface area contributed by atoms with Gasteiger partial charge < -0.3 is 25.1 Å². The van der Waals surface area contributed by atoms with Crippen molar-refractivity contribution in [3.63, 3.8) is 0 Å². The van der Waals surface area contributed by atoms with E-state index in [0.717, 1.165) is 36.3 Å². The molecule has 0 bridgehead atoms. The predicted molar refractivity (Wildman–Crippen MR) is 123 cm³/mol.